The van der Waals surface area contributed by atoms with Gasteiger partial charge in [0.15, 0.2) is 0 Å². The van der Waals surface area contributed by atoms with E-state index in [4.69, 9.17) is 11.6 Å². The standard InChI is InChI=1S/C22H33ClN4O2S/c1-16(14-18-10-6-4-5-7-11-18)24-15-19-12-8-9-13-20(19)26-30(28,29)21-17(2)25-27(3)22(21)23/h8-9,12-13,16,18,24,26H,4-7,10-11,14-15H2,1-3H3/t16-/m0/s1. The number of rotatable bonds is 8. The van der Waals surface area contributed by atoms with Crippen molar-refractivity contribution in [3.63, 3.8) is 0 Å². The number of nitrogens with zero attached hydrogens (tertiary/aromatic N) is 2. The third-order valence-corrected chi connectivity index (χ3v) is 7.99. The molecule has 0 spiro atoms. The third kappa shape index (κ3) is 5.77. The molecule has 1 saturated carbocycles. The van der Waals surface area contributed by atoms with Crippen molar-refractivity contribution in [1.29, 1.82) is 0 Å². The molecule has 0 saturated heterocycles. The molecule has 30 heavy (non-hydrogen) atoms. The Kier molecular flexibility index (Phi) is 7.82. The minimum atomic E-state index is -3.83. The lowest BCUT2D eigenvalue weighted by molar-refractivity contribution is 0.363. The predicted molar refractivity (Wildman–Crippen MR) is 122 cm³/mol. The van der Waals surface area contributed by atoms with Gasteiger partial charge in [-0.05, 0) is 37.8 Å². The summed E-state index contributed by atoms with van der Waals surface area (Å²) in [6, 6.07) is 7.86. The fourth-order valence-corrected chi connectivity index (χ4v) is 6.21. The highest BCUT2D eigenvalue weighted by Gasteiger charge is 2.26. The number of benzene rings is 1. The van der Waals surface area contributed by atoms with E-state index < -0.39 is 10.0 Å². The van der Waals surface area contributed by atoms with Gasteiger partial charge in [-0.1, -0.05) is 68.3 Å². The summed E-state index contributed by atoms with van der Waals surface area (Å²) in [4.78, 5) is 0.0242. The number of para-hydroxylation sites is 1. The van der Waals surface area contributed by atoms with Crippen LogP contribution in [-0.4, -0.2) is 24.2 Å². The third-order valence-electron chi connectivity index (χ3n) is 5.93. The summed E-state index contributed by atoms with van der Waals surface area (Å²) in [5.41, 5.74) is 1.85. The SMILES string of the molecule is Cc1nn(C)c(Cl)c1S(=O)(=O)Nc1ccccc1CN[C@@H](C)CC1CCCCCC1. The van der Waals surface area contributed by atoms with Gasteiger partial charge in [0.1, 0.15) is 10.0 Å². The summed E-state index contributed by atoms with van der Waals surface area (Å²) in [6.45, 7) is 4.46. The lowest BCUT2D eigenvalue weighted by Crippen LogP contribution is -2.28. The summed E-state index contributed by atoms with van der Waals surface area (Å²) < 4.78 is 30.0. The summed E-state index contributed by atoms with van der Waals surface area (Å²) in [5, 5.41) is 7.80. The molecular formula is C22H33ClN4O2S. The van der Waals surface area contributed by atoms with Crippen molar-refractivity contribution in [2.24, 2.45) is 13.0 Å². The Hall–Kier alpha value is -1.57. The van der Waals surface area contributed by atoms with Gasteiger partial charge in [0.05, 0.1) is 11.4 Å². The van der Waals surface area contributed by atoms with Crippen molar-refractivity contribution >= 4 is 27.3 Å². The van der Waals surface area contributed by atoms with Gasteiger partial charge in [-0.25, -0.2) is 8.42 Å². The average molecular weight is 453 g/mol. The molecule has 3 rings (SSSR count). The molecule has 0 bridgehead atoms. The highest BCUT2D eigenvalue weighted by Crippen LogP contribution is 2.28. The lowest BCUT2D eigenvalue weighted by atomic mass is 9.93. The zero-order valence-electron chi connectivity index (χ0n) is 18.1. The van der Waals surface area contributed by atoms with Gasteiger partial charge in [-0.15, -0.1) is 0 Å². The quantitative estimate of drug-likeness (QED) is 0.551. The summed E-state index contributed by atoms with van der Waals surface area (Å²) in [7, 11) is -2.21. The molecule has 1 aliphatic carbocycles. The number of nitrogens with one attached hydrogen (secondary N) is 2. The van der Waals surface area contributed by atoms with E-state index in [1.165, 1.54) is 49.6 Å². The molecule has 0 aliphatic heterocycles. The number of halogens is 1. The van der Waals surface area contributed by atoms with Crippen molar-refractivity contribution in [3.05, 3.63) is 40.7 Å². The van der Waals surface area contributed by atoms with E-state index in [2.05, 4.69) is 22.1 Å². The number of aryl methyl sites for hydroxylation is 2. The minimum Gasteiger partial charge on any atom is -0.310 e. The van der Waals surface area contributed by atoms with E-state index in [-0.39, 0.29) is 10.0 Å². The van der Waals surface area contributed by atoms with Crippen molar-refractivity contribution in [2.45, 2.75) is 76.3 Å². The maximum atomic E-state index is 13.0. The fourth-order valence-electron chi connectivity index (χ4n) is 4.35. The average Bonchev–Trinajstić information content (AvgIpc) is 2.85. The van der Waals surface area contributed by atoms with Gasteiger partial charge < -0.3 is 5.32 Å². The van der Waals surface area contributed by atoms with Crippen LogP contribution < -0.4 is 10.0 Å². The first kappa shape index (κ1) is 23.1. The largest absolute Gasteiger partial charge is 0.310 e. The van der Waals surface area contributed by atoms with E-state index in [0.717, 1.165) is 11.5 Å². The number of aromatic nitrogens is 2. The first-order valence-corrected chi connectivity index (χ1v) is 12.7. The second kappa shape index (κ2) is 10.2. The van der Waals surface area contributed by atoms with Crippen LogP contribution in [0.15, 0.2) is 29.2 Å². The van der Waals surface area contributed by atoms with Gasteiger partial charge >= 0.3 is 0 Å². The van der Waals surface area contributed by atoms with Gasteiger partial charge in [0.25, 0.3) is 10.0 Å². The maximum Gasteiger partial charge on any atom is 0.266 e. The Balaban J connectivity index is 1.67. The van der Waals surface area contributed by atoms with Crippen molar-refractivity contribution < 1.29 is 8.42 Å². The fraction of sp³-hybridized carbons (Fsp3) is 0.591. The first-order chi connectivity index (χ1) is 14.3. The number of hydrogen-bond acceptors (Lipinski definition) is 4. The van der Waals surface area contributed by atoms with E-state index in [1.807, 2.05) is 18.2 Å². The van der Waals surface area contributed by atoms with Gasteiger partial charge in [0, 0.05) is 19.6 Å². The van der Waals surface area contributed by atoms with Gasteiger partial charge in [-0.2, -0.15) is 5.10 Å². The molecule has 2 N–H and O–H groups in total. The van der Waals surface area contributed by atoms with E-state index >= 15 is 0 Å². The molecule has 166 valence electrons. The molecule has 0 unspecified atom stereocenters. The molecular weight excluding hydrogens is 420 g/mol. The molecule has 2 aromatic rings. The molecule has 1 aromatic carbocycles. The van der Waals surface area contributed by atoms with Crippen molar-refractivity contribution in [3.8, 4) is 0 Å². The highest BCUT2D eigenvalue weighted by atomic mass is 35.5. The van der Waals surface area contributed by atoms with Crippen LogP contribution in [0.1, 0.15) is 63.1 Å². The number of anilines is 1. The van der Waals surface area contributed by atoms with E-state index in [0.29, 0.717) is 24.0 Å². The molecule has 8 heteroatoms. The molecule has 1 fully saturated rings. The maximum absolute atomic E-state index is 13.0. The van der Waals surface area contributed by atoms with Crippen LogP contribution in [0.4, 0.5) is 5.69 Å². The smallest absolute Gasteiger partial charge is 0.266 e. The summed E-state index contributed by atoms with van der Waals surface area (Å²) >= 11 is 6.18. The Bertz CT molecular complexity index is 950. The van der Waals surface area contributed by atoms with Gasteiger partial charge in [-0.3, -0.25) is 9.40 Å². The summed E-state index contributed by atoms with van der Waals surface area (Å²) in [5.74, 6) is 0.791. The molecule has 6 nitrogen and oxygen atoms in total. The molecule has 1 aromatic heterocycles. The van der Waals surface area contributed by atoms with Crippen LogP contribution in [0, 0.1) is 12.8 Å². The Morgan fingerprint density at radius 1 is 1.20 bits per heavy atom. The van der Waals surface area contributed by atoms with Crippen LogP contribution >= 0.6 is 11.6 Å². The van der Waals surface area contributed by atoms with Crippen molar-refractivity contribution in [1.82, 2.24) is 15.1 Å². The second-order valence-electron chi connectivity index (χ2n) is 8.47. The normalized spacial score (nSPS) is 16.9. The zero-order valence-corrected chi connectivity index (χ0v) is 19.7. The lowest BCUT2D eigenvalue weighted by Gasteiger charge is -2.21. The zero-order chi connectivity index (χ0) is 21.7. The monoisotopic (exact) mass is 452 g/mol. The van der Waals surface area contributed by atoms with E-state index in [1.54, 1.807) is 20.0 Å². The van der Waals surface area contributed by atoms with Crippen molar-refractivity contribution in [2.75, 3.05) is 4.72 Å². The number of sulfonamides is 1. The molecule has 1 atom stereocenters. The van der Waals surface area contributed by atoms with Crippen LogP contribution in [0.3, 0.4) is 0 Å². The second-order valence-corrected chi connectivity index (χ2v) is 10.4. The van der Waals surface area contributed by atoms with Crippen LogP contribution in [0.2, 0.25) is 5.15 Å². The Morgan fingerprint density at radius 2 is 1.87 bits per heavy atom. The molecule has 0 radical (unpaired) electrons. The minimum absolute atomic E-state index is 0.0242. The Morgan fingerprint density at radius 3 is 2.50 bits per heavy atom. The highest BCUT2D eigenvalue weighted by molar-refractivity contribution is 7.92. The molecule has 1 aliphatic rings. The topological polar surface area (TPSA) is 76.0 Å². The summed E-state index contributed by atoms with van der Waals surface area (Å²) in [6.07, 6.45) is 9.24. The molecule has 0 amide bonds. The van der Waals surface area contributed by atoms with Crippen LogP contribution in [0.5, 0.6) is 0 Å². The van der Waals surface area contributed by atoms with Crippen LogP contribution in [0.25, 0.3) is 0 Å². The van der Waals surface area contributed by atoms with Gasteiger partial charge in [0.2, 0.25) is 0 Å². The predicted octanol–water partition coefficient (Wildman–Crippen LogP) is 5.02. The number of hydrogen-bond donors (Lipinski definition) is 2. The Labute approximate surface area is 185 Å². The molecule has 1 heterocycles. The van der Waals surface area contributed by atoms with E-state index in [9.17, 15) is 8.42 Å². The van der Waals surface area contributed by atoms with Crippen LogP contribution in [-0.2, 0) is 23.6 Å². The first-order valence-electron chi connectivity index (χ1n) is 10.8.